The van der Waals surface area contributed by atoms with E-state index in [-0.39, 0.29) is 11.8 Å². The maximum atomic E-state index is 13.0. The molecule has 3 rings (SSSR count). The summed E-state index contributed by atoms with van der Waals surface area (Å²) in [5.74, 6) is -0.483. The van der Waals surface area contributed by atoms with Crippen LogP contribution < -0.4 is 4.90 Å². The van der Waals surface area contributed by atoms with Crippen LogP contribution in [0.25, 0.3) is 0 Å². The number of nitrogens with zero attached hydrogens (tertiary/aromatic N) is 3. The SMILES string of the molecule is Cc1nc(C(F)(F)F)nc(N2C[C@H]3C[C@H](O)[C@H](O)C[C@H]3C2)c1C. The van der Waals surface area contributed by atoms with Crippen molar-refractivity contribution in [1.29, 1.82) is 0 Å². The van der Waals surface area contributed by atoms with Crippen molar-refractivity contribution in [1.82, 2.24) is 9.97 Å². The molecule has 2 N–H and O–H groups in total. The summed E-state index contributed by atoms with van der Waals surface area (Å²) in [6.45, 7) is 4.36. The molecule has 8 heteroatoms. The van der Waals surface area contributed by atoms with Gasteiger partial charge in [-0.3, -0.25) is 0 Å². The summed E-state index contributed by atoms with van der Waals surface area (Å²) in [7, 11) is 0. The molecule has 2 heterocycles. The highest BCUT2D eigenvalue weighted by atomic mass is 19.4. The molecular weight excluding hydrogens is 311 g/mol. The van der Waals surface area contributed by atoms with E-state index in [4.69, 9.17) is 0 Å². The van der Waals surface area contributed by atoms with Crippen molar-refractivity contribution in [3.8, 4) is 0 Å². The van der Waals surface area contributed by atoms with E-state index in [1.54, 1.807) is 13.8 Å². The number of hydrogen-bond acceptors (Lipinski definition) is 5. The first kappa shape index (κ1) is 16.4. The van der Waals surface area contributed by atoms with E-state index < -0.39 is 24.2 Å². The standard InChI is InChI=1S/C15H20F3N3O2/c1-7-8(2)19-14(15(16,17)18)20-13(7)21-5-9-3-11(22)12(23)4-10(9)6-21/h9-12,22-23H,3-6H2,1-2H3/t9-,10+,11+,12-. The predicted molar refractivity (Wildman–Crippen MR) is 76.9 cm³/mol. The van der Waals surface area contributed by atoms with Gasteiger partial charge in [0.2, 0.25) is 5.82 Å². The summed E-state index contributed by atoms with van der Waals surface area (Å²) < 4.78 is 38.9. The molecule has 0 bridgehead atoms. The topological polar surface area (TPSA) is 69.5 Å². The van der Waals surface area contributed by atoms with E-state index in [0.717, 1.165) is 0 Å². The summed E-state index contributed by atoms with van der Waals surface area (Å²) in [4.78, 5) is 9.13. The Hall–Kier alpha value is -1.41. The molecule has 2 fully saturated rings. The molecule has 1 aliphatic carbocycles. The lowest BCUT2D eigenvalue weighted by atomic mass is 9.79. The maximum absolute atomic E-state index is 13.0. The normalized spacial score (nSPS) is 31.3. The number of aliphatic hydroxyl groups excluding tert-OH is 2. The number of alkyl halides is 3. The number of aliphatic hydroxyl groups is 2. The smallest absolute Gasteiger partial charge is 0.390 e. The van der Waals surface area contributed by atoms with E-state index >= 15 is 0 Å². The molecule has 0 unspecified atom stereocenters. The van der Waals surface area contributed by atoms with Crippen molar-refractivity contribution in [3.05, 3.63) is 17.1 Å². The predicted octanol–water partition coefficient (Wildman–Crippen LogP) is 1.68. The van der Waals surface area contributed by atoms with Crippen LogP contribution in [0.4, 0.5) is 19.0 Å². The molecule has 1 saturated carbocycles. The number of halogens is 3. The third-order valence-corrected chi connectivity index (χ3v) is 5.03. The van der Waals surface area contributed by atoms with Crippen molar-refractivity contribution >= 4 is 5.82 Å². The zero-order chi connectivity index (χ0) is 16.9. The van der Waals surface area contributed by atoms with Crippen LogP contribution in [-0.2, 0) is 6.18 Å². The van der Waals surface area contributed by atoms with Crippen LogP contribution in [0.5, 0.6) is 0 Å². The van der Waals surface area contributed by atoms with Crippen LogP contribution >= 0.6 is 0 Å². The Morgan fingerprint density at radius 2 is 1.52 bits per heavy atom. The number of fused-ring (bicyclic) bond motifs is 1. The van der Waals surface area contributed by atoms with Gasteiger partial charge in [0.25, 0.3) is 0 Å². The minimum atomic E-state index is -4.58. The van der Waals surface area contributed by atoms with E-state index in [1.807, 2.05) is 4.90 Å². The molecule has 128 valence electrons. The van der Waals surface area contributed by atoms with Gasteiger partial charge in [0.15, 0.2) is 0 Å². The van der Waals surface area contributed by atoms with Crippen molar-refractivity contribution in [2.75, 3.05) is 18.0 Å². The van der Waals surface area contributed by atoms with E-state index in [0.29, 0.717) is 43.0 Å². The van der Waals surface area contributed by atoms with Gasteiger partial charge in [0, 0.05) is 24.3 Å². The van der Waals surface area contributed by atoms with Crippen LogP contribution in [0.15, 0.2) is 0 Å². The maximum Gasteiger partial charge on any atom is 0.451 e. The van der Waals surface area contributed by atoms with Gasteiger partial charge in [-0.25, -0.2) is 9.97 Å². The lowest BCUT2D eigenvalue weighted by molar-refractivity contribution is -0.145. The molecule has 1 aromatic heterocycles. The first-order chi connectivity index (χ1) is 10.7. The number of rotatable bonds is 1. The second-order valence-electron chi connectivity index (χ2n) is 6.61. The van der Waals surface area contributed by atoms with Crippen LogP contribution in [0.2, 0.25) is 0 Å². The summed E-state index contributed by atoms with van der Waals surface area (Å²) in [6.07, 6.45) is -5.15. The molecule has 0 radical (unpaired) electrons. The van der Waals surface area contributed by atoms with Gasteiger partial charge in [-0.2, -0.15) is 13.2 Å². The molecule has 1 aliphatic heterocycles. The van der Waals surface area contributed by atoms with E-state index in [1.165, 1.54) is 0 Å². The van der Waals surface area contributed by atoms with Crippen LogP contribution in [0.1, 0.15) is 29.9 Å². The van der Waals surface area contributed by atoms with Crippen LogP contribution in [0, 0.1) is 25.7 Å². The van der Waals surface area contributed by atoms with Gasteiger partial charge >= 0.3 is 6.18 Å². The van der Waals surface area contributed by atoms with Crippen molar-refractivity contribution in [2.24, 2.45) is 11.8 Å². The second kappa shape index (κ2) is 5.59. The average Bonchev–Trinajstić information content (AvgIpc) is 2.83. The summed E-state index contributed by atoms with van der Waals surface area (Å²) in [6, 6.07) is 0. The lowest BCUT2D eigenvalue weighted by Crippen LogP contribution is -2.38. The van der Waals surface area contributed by atoms with E-state index in [9.17, 15) is 23.4 Å². The summed E-state index contributed by atoms with van der Waals surface area (Å²) in [5, 5.41) is 19.6. The van der Waals surface area contributed by atoms with Gasteiger partial charge in [-0.1, -0.05) is 0 Å². The van der Waals surface area contributed by atoms with Crippen LogP contribution in [0.3, 0.4) is 0 Å². The summed E-state index contributed by atoms with van der Waals surface area (Å²) in [5.41, 5.74) is 0.954. The van der Waals surface area contributed by atoms with Gasteiger partial charge < -0.3 is 15.1 Å². The third kappa shape index (κ3) is 3.01. The zero-order valence-corrected chi connectivity index (χ0v) is 13.0. The fourth-order valence-electron chi connectivity index (χ4n) is 3.63. The molecule has 1 aromatic rings. The Labute approximate surface area is 132 Å². The van der Waals surface area contributed by atoms with Gasteiger partial charge in [-0.05, 0) is 38.5 Å². The quantitative estimate of drug-likeness (QED) is 0.819. The fraction of sp³-hybridized carbons (Fsp3) is 0.733. The molecule has 0 amide bonds. The Morgan fingerprint density at radius 1 is 1.00 bits per heavy atom. The Bertz CT molecular complexity index is 590. The molecule has 2 aliphatic rings. The monoisotopic (exact) mass is 331 g/mol. The summed E-state index contributed by atoms with van der Waals surface area (Å²) >= 11 is 0. The number of aromatic nitrogens is 2. The van der Waals surface area contributed by atoms with Gasteiger partial charge in [0.1, 0.15) is 5.82 Å². The van der Waals surface area contributed by atoms with Crippen LogP contribution in [-0.4, -0.2) is 45.5 Å². The first-order valence-electron chi connectivity index (χ1n) is 7.70. The highest BCUT2D eigenvalue weighted by Crippen LogP contribution is 2.39. The van der Waals surface area contributed by atoms with E-state index in [2.05, 4.69) is 9.97 Å². The van der Waals surface area contributed by atoms with Gasteiger partial charge in [-0.15, -0.1) is 0 Å². The van der Waals surface area contributed by atoms with Crippen molar-refractivity contribution < 1.29 is 23.4 Å². The first-order valence-corrected chi connectivity index (χ1v) is 7.70. The number of anilines is 1. The molecule has 5 nitrogen and oxygen atoms in total. The number of aryl methyl sites for hydroxylation is 1. The highest BCUT2D eigenvalue weighted by Gasteiger charge is 2.43. The molecule has 0 aromatic carbocycles. The largest absolute Gasteiger partial charge is 0.451 e. The van der Waals surface area contributed by atoms with Gasteiger partial charge in [0.05, 0.1) is 12.2 Å². The lowest BCUT2D eigenvalue weighted by Gasteiger charge is -2.31. The second-order valence-corrected chi connectivity index (χ2v) is 6.61. The Balaban J connectivity index is 1.89. The minimum absolute atomic E-state index is 0.164. The molecule has 23 heavy (non-hydrogen) atoms. The molecule has 1 saturated heterocycles. The third-order valence-electron chi connectivity index (χ3n) is 5.03. The average molecular weight is 331 g/mol. The highest BCUT2D eigenvalue weighted by molar-refractivity contribution is 5.49. The molecule has 0 spiro atoms. The molecular formula is C15H20F3N3O2. The molecule has 4 atom stereocenters. The number of hydrogen-bond donors (Lipinski definition) is 2. The Kier molecular flexibility index (Phi) is 4.00. The fourth-order valence-corrected chi connectivity index (χ4v) is 3.63. The Morgan fingerprint density at radius 3 is 2.00 bits per heavy atom. The minimum Gasteiger partial charge on any atom is -0.390 e. The zero-order valence-electron chi connectivity index (χ0n) is 13.0. The van der Waals surface area contributed by atoms with Crippen molar-refractivity contribution in [3.63, 3.8) is 0 Å². The van der Waals surface area contributed by atoms with Crippen molar-refractivity contribution in [2.45, 2.75) is 45.1 Å².